The van der Waals surface area contributed by atoms with Crippen molar-refractivity contribution in [1.29, 1.82) is 0 Å². The molecule has 0 radical (unpaired) electrons. The first-order valence-corrected chi connectivity index (χ1v) is 4.49. The summed E-state index contributed by atoms with van der Waals surface area (Å²) in [5.41, 5.74) is 8.18. The summed E-state index contributed by atoms with van der Waals surface area (Å²) in [5, 5.41) is 0. The zero-order valence-corrected chi connectivity index (χ0v) is 7.76. The van der Waals surface area contributed by atoms with Crippen molar-refractivity contribution < 1.29 is 4.39 Å². The number of anilines is 1. The zero-order valence-electron chi connectivity index (χ0n) is 7.76. The molecule has 0 amide bonds. The Morgan fingerprint density at radius 2 is 2.15 bits per heavy atom. The quantitative estimate of drug-likeness (QED) is 0.693. The van der Waals surface area contributed by atoms with Crippen LogP contribution in [0.1, 0.15) is 25.5 Å². The predicted molar refractivity (Wildman–Crippen MR) is 50.7 cm³/mol. The van der Waals surface area contributed by atoms with E-state index >= 15 is 0 Å². The topological polar surface area (TPSA) is 24.1 Å². The van der Waals surface area contributed by atoms with Gasteiger partial charge in [0.25, 0.3) is 0 Å². The largest absolute Gasteiger partial charge is 0.321 e. The first-order chi connectivity index (χ1) is 6.18. The first kappa shape index (κ1) is 8.51. The van der Waals surface area contributed by atoms with Crippen molar-refractivity contribution in [2.24, 2.45) is 5.92 Å². The van der Waals surface area contributed by atoms with Gasteiger partial charge in [-0.25, -0.2) is 9.82 Å². The van der Waals surface area contributed by atoms with Gasteiger partial charge in [0.15, 0.2) is 0 Å². The number of nitrogens with one attached hydrogen (secondary N) is 2. The van der Waals surface area contributed by atoms with E-state index in [0.717, 1.165) is 11.3 Å². The van der Waals surface area contributed by atoms with Crippen LogP contribution in [0, 0.1) is 11.7 Å². The van der Waals surface area contributed by atoms with Crippen LogP contribution in [0.15, 0.2) is 18.2 Å². The summed E-state index contributed by atoms with van der Waals surface area (Å²) < 4.78 is 12.9. The van der Waals surface area contributed by atoms with Gasteiger partial charge in [0.1, 0.15) is 5.82 Å². The number of hydrogen-bond donors (Lipinski definition) is 2. The summed E-state index contributed by atoms with van der Waals surface area (Å²) in [6, 6.07) is 5.04. The highest BCUT2D eigenvalue weighted by Crippen LogP contribution is 2.33. The molecule has 3 heteroatoms. The summed E-state index contributed by atoms with van der Waals surface area (Å²) in [6.45, 7) is 4.22. The maximum absolute atomic E-state index is 12.9. The fourth-order valence-corrected chi connectivity index (χ4v) is 1.66. The highest BCUT2D eigenvalue weighted by atomic mass is 19.1. The molecule has 2 rings (SSSR count). The number of halogens is 1. The van der Waals surface area contributed by atoms with E-state index in [9.17, 15) is 4.39 Å². The minimum atomic E-state index is -0.171. The Bertz CT molecular complexity index is 323. The smallest absolute Gasteiger partial charge is 0.123 e. The molecule has 1 atom stereocenters. The summed E-state index contributed by atoms with van der Waals surface area (Å²) >= 11 is 0. The monoisotopic (exact) mass is 180 g/mol. The van der Waals surface area contributed by atoms with Crippen LogP contribution in [0.5, 0.6) is 0 Å². The zero-order chi connectivity index (χ0) is 9.42. The summed E-state index contributed by atoms with van der Waals surface area (Å²) in [4.78, 5) is 0. The molecular weight excluding hydrogens is 167 g/mol. The third kappa shape index (κ3) is 1.40. The molecule has 0 fully saturated rings. The van der Waals surface area contributed by atoms with Gasteiger partial charge in [0.2, 0.25) is 0 Å². The minimum absolute atomic E-state index is 0.171. The minimum Gasteiger partial charge on any atom is -0.321 e. The van der Waals surface area contributed by atoms with Gasteiger partial charge in [-0.15, -0.1) is 0 Å². The standard InChI is InChI=1S/C10H13FN2/c1-6(2)10-8-5-7(11)3-4-9(8)12-13-10/h3-6,10,12-13H,1-2H3. The Hall–Kier alpha value is -1.09. The highest BCUT2D eigenvalue weighted by Gasteiger charge is 2.24. The van der Waals surface area contributed by atoms with Crippen molar-refractivity contribution in [3.8, 4) is 0 Å². The normalized spacial score (nSPS) is 20.2. The fourth-order valence-electron chi connectivity index (χ4n) is 1.66. The molecule has 0 aliphatic carbocycles. The Morgan fingerprint density at radius 3 is 2.85 bits per heavy atom. The molecule has 0 aromatic heterocycles. The number of hydrazine groups is 1. The molecule has 2 nitrogen and oxygen atoms in total. The van der Waals surface area contributed by atoms with Gasteiger partial charge < -0.3 is 5.43 Å². The number of hydrogen-bond acceptors (Lipinski definition) is 2. The van der Waals surface area contributed by atoms with Crippen LogP contribution >= 0.6 is 0 Å². The SMILES string of the molecule is CC(C)C1NNc2ccc(F)cc21. The molecule has 13 heavy (non-hydrogen) atoms. The van der Waals surface area contributed by atoms with E-state index in [0.29, 0.717) is 5.92 Å². The van der Waals surface area contributed by atoms with Crippen molar-refractivity contribution in [3.05, 3.63) is 29.6 Å². The molecule has 1 unspecified atom stereocenters. The van der Waals surface area contributed by atoms with Crippen molar-refractivity contribution in [2.45, 2.75) is 19.9 Å². The lowest BCUT2D eigenvalue weighted by Gasteiger charge is -2.14. The Kier molecular flexibility index (Phi) is 1.96. The maximum Gasteiger partial charge on any atom is 0.123 e. The highest BCUT2D eigenvalue weighted by molar-refractivity contribution is 5.55. The average molecular weight is 180 g/mol. The number of fused-ring (bicyclic) bond motifs is 1. The van der Waals surface area contributed by atoms with Gasteiger partial charge in [0.05, 0.1) is 11.7 Å². The average Bonchev–Trinajstić information content (AvgIpc) is 2.46. The van der Waals surface area contributed by atoms with E-state index in [-0.39, 0.29) is 11.9 Å². The second-order valence-electron chi connectivity index (χ2n) is 3.72. The molecule has 1 aliphatic heterocycles. The van der Waals surface area contributed by atoms with Gasteiger partial charge in [-0.05, 0) is 29.7 Å². The fraction of sp³-hybridized carbons (Fsp3) is 0.400. The first-order valence-electron chi connectivity index (χ1n) is 4.49. The molecule has 70 valence electrons. The molecule has 0 bridgehead atoms. The molecule has 1 aliphatic rings. The third-order valence-electron chi connectivity index (χ3n) is 2.38. The summed E-state index contributed by atoms with van der Waals surface area (Å²) in [5.74, 6) is 0.283. The molecule has 1 aromatic rings. The van der Waals surface area contributed by atoms with E-state index in [4.69, 9.17) is 0 Å². The van der Waals surface area contributed by atoms with E-state index in [1.165, 1.54) is 6.07 Å². The van der Waals surface area contributed by atoms with Crippen LogP contribution in [0.25, 0.3) is 0 Å². The van der Waals surface area contributed by atoms with Crippen LogP contribution in [0.4, 0.5) is 10.1 Å². The lowest BCUT2D eigenvalue weighted by Crippen LogP contribution is -2.22. The number of rotatable bonds is 1. The van der Waals surface area contributed by atoms with Crippen molar-refractivity contribution in [1.82, 2.24) is 5.43 Å². The van der Waals surface area contributed by atoms with Crippen LogP contribution in [-0.2, 0) is 0 Å². The molecule has 0 spiro atoms. The lowest BCUT2D eigenvalue weighted by molar-refractivity contribution is 0.459. The van der Waals surface area contributed by atoms with Crippen LogP contribution in [0.2, 0.25) is 0 Å². The van der Waals surface area contributed by atoms with E-state index in [1.54, 1.807) is 12.1 Å². The second-order valence-corrected chi connectivity index (χ2v) is 3.72. The van der Waals surface area contributed by atoms with Crippen molar-refractivity contribution in [2.75, 3.05) is 5.43 Å². The molecule has 0 saturated carbocycles. The second kappa shape index (κ2) is 3.00. The van der Waals surface area contributed by atoms with Gasteiger partial charge in [-0.1, -0.05) is 13.8 Å². The molecule has 2 N–H and O–H groups in total. The molecular formula is C10H13FN2. The Labute approximate surface area is 77.1 Å². The Balaban J connectivity index is 2.40. The Morgan fingerprint density at radius 1 is 1.38 bits per heavy atom. The van der Waals surface area contributed by atoms with Gasteiger partial charge in [0, 0.05) is 0 Å². The van der Waals surface area contributed by atoms with Crippen LogP contribution < -0.4 is 10.9 Å². The van der Waals surface area contributed by atoms with E-state index < -0.39 is 0 Å². The van der Waals surface area contributed by atoms with Crippen molar-refractivity contribution in [3.63, 3.8) is 0 Å². The lowest BCUT2D eigenvalue weighted by atomic mass is 9.97. The van der Waals surface area contributed by atoms with Crippen LogP contribution in [-0.4, -0.2) is 0 Å². The molecule has 0 saturated heterocycles. The molecule has 1 heterocycles. The van der Waals surface area contributed by atoms with Gasteiger partial charge >= 0.3 is 0 Å². The maximum atomic E-state index is 12.9. The summed E-state index contributed by atoms with van der Waals surface area (Å²) in [7, 11) is 0. The van der Waals surface area contributed by atoms with E-state index in [1.807, 2.05) is 0 Å². The predicted octanol–water partition coefficient (Wildman–Crippen LogP) is 2.45. The van der Waals surface area contributed by atoms with Crippen molar-refractivity contribution >= 4 is 5.69 Å². The molecule has 1 aromatic carbocycles. The van der Waals surface area contributed by atoms with E-state index in [2.05, 4.69) is 24.7 Å². The summed E-state index contributed by atoms with van der Waals surface area (Å²) in [6.07, 6.45) is 0. The number of benzene rings is 1. The third-order valence-corrected chi connectivity index (χ3v) is 2.38. The van der Waals surface area contributed by atoms with Gasteiger partial charge in [-0.2, -0.15) is 0 Å². The van der Waals surface area contributed by atoms with Crippen LogP contribution in [0.3, 0.4) is 0 Å². The van der Waals surface area contributed by atoms with Gasteiger partial charge in [-0.3, -0.25) is 0 Å².